The summed E-state index contributed by atoms with van der Waals surface area (Å²) in [5.74, 6) is 0. The number of rotatable bonds is 6. The molecule has 0 bridgehead atoms. The van der Waals surface area contributed by atoms with Gasteiger partial charge in [-0.1, -0.05) is 19.1 Å². The standard InChI is InChI=1S/C32H30N6S/c1-20(2)30-8-9-31(39-30)26-17-34-18-29-24(26)14-28(35-29)32-25-13-22(6-7-27(25)36-37-32)23-12-21(15-33-16-23)19-38-10-4-3-5-11-38/h6-9,12-18,35H,1,3-5,10-11,19H2,2H3,(H,36,37). The van der Waals surface area contributed by atoms with E-state index in [9.17, 15) is 0 Å². The van der Waals surface area contributed by atoms with E-state index < -0.39 is 0 Å². The van der Waals surface area contributed by atoms with Gasteiger partial charge < -0.3 is 4.98 Å². The number of pyridine rings is 2. The van der Waals surface area contributed by atoms with Gasteiger partial charge in [0.2, 0.25) is 0 Å². The fourth-order valence-corrected chi connectivity index (χ4v) is 6.55. The van der Waals surface area contributed by atoms with E-state index in [4.69, 9.17) is 5.10 Å². The molecule has 1 aliphatic rings. The summed E-state index contributed by atoms with van der Waals surface area (Å²) in [5, 5.41) is 10.1. The number of nitrogens with zero attached hydrogens (tertiary/aromatic N) is 4. The zero-order valence-electron chi connectivity index (χ0n) is 22.0. The van der Waals surface area contributed by atoms with E-state index in [0.29, 0.717) is 0 Å². The van der Waals surface area contributed by atoms with Crippen LogP contribution in [0.4, 0.5) is 0 Å². The van der Waals surface area contributed by atoms with E-state index in [-0.39, 0.29) is 0 Å². The number of thiophene rings is 1. The number of nitrogens with one attached hydrogen (secondary N) is 2. The Morgan fingerprint density at radius 3 is 2.62 bits per heavy atom. The van der Waals surface area contributed by atoms with Gasteiger partial charge in [-0.2, -0.15) is 5.10 Å². The summed E-state index contributed by atoms with van der Waals surface area (Å²) in [6.45, 7) is 9.45. The van der Waals surface area contributed by atoms with Crippen molar-refractivity contribution in [2.75, 3.05) is 13.1 Å². The fourth-order valence-electron chi connectivity index (χ4n) is 5.59. The molecule has 0 unspecified atom stereocenters. The molecule has 1 saturated heterocycles. The number of aromatic amines is 2. The quantitative estimate of drug-likeness (QED) is 0.229. The maximum absolute atomic E-state index is 4.71. The van der Waals surface area contributed by atoms with E-state index in [2.05, 4.69) is 74.0 Å². The van der Waals surface area contributed by atoms with Gasteiger partial charge in [0.05, 0.1) is 22.9 Å². The molecule has 0 radical (unpaired) electrons. The molecular weight excluding hydrogens is 500 g/mol. The molecule has 1 fully saturated rings. The summed E-state index contributed by atoms with van der Waals surface area (Å²) in [7, 11) is 0. The maximum atomic E-state index is 4.71. The molecule has 1 aromatic carbocycles. The molecule has 7 heteroatoms. The van der Waals surface area contributed by atoms with Crippen molar-refractivity contribution in [2.24, 2.45) is 0 Å². The van der Waals surface area contributed by atoms with Gasteiger partial charge in [0.1, 0.15) is 5.69 Å². The van der Waals surface area contributed by atoms with Gasteiger partial charge in [0, 0.05) is 56.8 Å². The topological polar surface area (TPSA) is 73.5 Å². The second-order valence-corrected chi connectivity index (χ2v) is 11.6. The Labute approximate surface area is 231 Å². The molecule has 0 amide bonds. The first-order valence-corrected chi connectivity index (χ1v) is 14.3. The molecule has 5 aromatic heterocycles. The van der Waals surface area contributed by atoms with Crippen LogP contribution >= 0.6 is 11.3 Å². The summed E-state index contributed by atoms with van der Waals surface area (Å²) < 4.78 is 0. The van der Waals surface area contributed by atoms with E-state index in [1.807, 2.05) is 31.7 Å². The molecule has 7 rings (SSSR count). The van der Waals surface area contributed by atoms with Gasteiger partial charge in [0.25, 0.3) is 0 Å². The number of H-pyrrole nitrogens is 2. The predicted molar refractivity (Wildman–Crippen MR) is 162 cm³/mol. The molecule has 1 aliphatic heterocycles. The Balaban J connectivity index is 1.25. The van der Waals surface area contributed by atoms with Crippen molar-refractivity contribution >= 4 is 38.7 Å². The normalized spacial score (nSPS) is 14.4. The van der Waals surface area contributed by atoms with Gasteiger partial charge in [-0.3, -0.25) is 20.0 Å². The molecule has 0 saturated carbocycles. The zero-order valence-corrected chi connectivity index (χ0v) is 22.8. The summed E-state index contributed by atoms with van der Waals surface area (Å²) in [6.07, 6.45) is 11.7. The lowest BCUT2D eigenvalue weighted by Gasteiger charge is -2.26. The average Bonchev–Trinajstić information content (AvgIpc) is 3.71. The van der Waals surface area contributed by atoms with Crippen LogP contribution in [-0.2, 0) is 6.54 Å². The van der Waals surface area contributed by atoms with Gasteiger partial charge in [0.15, 0.2) is 0 Å². The Hall–Kier alpha value is -4.07. The van der Waals surface area contributed by atoms with Gasteiger partial charge in [-0.05, 0) is 86.0 Å². The first-order valence-electron chi connectivity index (χ1n) is 13.5. The molecule has 39 heavy (non-hydrogen) atoms. The summed E-state index contributed by atoms with van der Waals surface area (Å²) >= 11 is 1.75. The zero-order chi connectivity index (χ0) is 26.3. The number of benzene rings is 1. The lowest BCUT2D eigenvalue weighted by atomic mass is 10.0. The van der Waals surface area contributed by atoms with Crippen LogP contribution in [0.15, 0.2) is 73.8 Å². The van der Waals surface area contributed by atoms with Crippen LogP contribution < -0.4 is 0 Å². The SMILES string of the molecule is C=C(C)c1ccc(-c2cncc3[nH]c(-c4n[nH]c5ccc(-c6cncc(CN7CCCCC7)c6)cc45)cc23)s1. The Morgan fingerprint density at radius 2 is 1.77 bits per heavy atom. The molecule has 0 spiro atoms. The van der Waals surface area contributed by atoms with Crippen molar-refractivity contribution in [3.63, 3.8) is 0 Å². The van der Waals surface area contributed by atoms with E-state index in [0.717, 1.165) is 62.0 Å². The van der Waals surface area contributed by atoms with Crippen molar-refractivity contribution in [3.8, 4) is 33.0 Å². The van der Waals surface area contributed by atoms with E-state index in [1.165, 1.54) is 47.7 Å². The minimum Gasteiger partial charge on any atom is -0.352 e. The lowest BCUT2D eigenvalue weighted by molar-refractivity contribution is 0.220. The maximum Gasteiger partial charge on any atom is 0.116 e. The number of fused-ring (bicyclic) bond motifs is 2. The van der Waals surface area contributed by atoms with Crippen LogP contribution in [0.2, 0.25) is 0 Å². The van der Waals surface area contributed by atoms with Crippen LogP contribution in [0.25, 0.3) is 60.3 Å². The molecule has 194 valence electrons. The van der Waals surface area contributed by atoms with Crippen LogP contribution in [0.3, 0.4) is 0 Å². The Kier molecular flexibility index (Phi) is 6.10. The van der Waals surface area contributed by atoms with Crippen molar-refractivity contribution in [1.29, 1.82) is 0 Å². The molecule has 6 heterocycles. The predicted octanol–water partition coefficient (Wildman–Crippen LogP) is 7.92. The third-order valence-corrected chi connectivity index (χ3v) is 8.92. The molecule has 0 atom stereocenters. The Morgan fingerprint density at radius 1 is 0.897 bits per heavy atom. The van der Waals surface area contributed by atoms with Crippen LogP contribution in [0.5, 0.6) is 0 Å². The van der Waals surface area contributed by atoms with Crippen molar-refractivity contribution in [3.05, 3.63) is 84.3 Å². The fraction of sp³-hybridized carbons (Fsp3) is 0.219. The minimum absolute atomic E-state index is 0.903. The average molecular weight is 531 g/mol. The van der Waals surface area contributed by atoms with Gasteiger partial charge in [-0.15, -0.1) is 11.3 Å². The smallest absolute Gasteiger partial charge is 0.116 e. The number of hydrogen-bond donors (Lipinski definition) is 2. The highest BCUT2D eigenvalue weighted by molar-refractivity contribution is 7.16. The highest BCUT2D eigenvalue weighted by Crippen LogP contribution is 2.38. The van der Waals surface area contributed by atoms with Crippen LogP contribution in [-0.4, -0.2) is 43.1 Å². The largest absolute Gasteiger partial charge is 0.352 e. The monoisotopic (exact) mass is 530 g/mol. The number of allylic oxidation sites excluding steroid dienone is 1. The first kappa shape index (κ1) is 24.0. The first-order chi connectivity index (χ1) is 19.1. The van der Waals surface area contributed by atoms with Crippen molar-refractivity contribution in [2.45, 2.75) is 32.7 Å². The van der Waals surface area contributed by atoms with Crippen molar-refractivity contribution < 1.29 is 0 Å². The number of likely N-dealkylation sites (tertiary alicyclic amines) is 1. The summed E-state index contributed by atoms with van der Waals surface area (Å²) in [4.78, 5) is 17.6. The second kappa shape index (κ2) is 9.91. The second-order valence-electron chi connectivity index (χ2n) is 10.5. The van der Waals surface area contributed by atoms with Crippen molar-refractivity contribution in [1.82, 2.24) is 30.0 Å². The van der Waals surface area contributed by atoms with Gasteiger partial charge >= 0.3 is 0 Å². The number of aromatic nitrogens is 5. The highest BCUT2D eigenvalue weighted by atomic mass is 32.1. The number of hydrogen-bond acceptors (Lipinski definition) is 5. The van der Waals surface area contributed by atoms with Crippen LogP contribution in [0, 0.1) is 0 Å². The molecule has 6 nitrogen and oxygen atoms in total. The minimum atomic E-state index is 0.903. The molecule has 6 aromatic rings. The third kappa shape index (κ3) is 4.58. The number of piperidine rings is 1. The summed E-state index contributed by atoms with van der Waals surface area (Å²) in [5.41, 5.74) is 9.60. The third-order valence-electron chi connectivity index (χ3n) is 7.64. The summed E-state index contributed by atoms with van der Waals surface area (Å²) in [6, 6.07) is 15.2. The van der Waals surface area contributed by atoms with E-state index in [1.54, 1.807) is 11.3 Å². The van der Waals surface area contributed by atoms with E-state index >= 15 is 0 Å². The molecular formula is C32H30N6S. The lowest BCUT2D eigenvalue weighted by Crippen LogP contribution is -2.29. The Bertz CT molecular complexity index is 1820. The molecule has 2 N–H and O–H groups in total. The molecule has 0 aliphatic carbocycles. The van der Waals surface area contributed by atoms with Gasteiger partial charge in [-0.25, -0.2) is 0 Å². The van der Waals surface area contributed by atoms with Crippen LogP contribution in [0.1, 0.15) is 36.6 Å². The highest BCUT2D eigenvalue weighted by Gasteiger charge is 2.16.